The molecule has 130 valence electrons. The molecule has 0 amide bonds. The molecule has 0 N–H and O–H groups in total. The second kappa shape index (κ2) is 6.37. The molecule has 1 aromatic carbocycles. The van der Waals surface area contributed by atoms with Gasteiger partial charge < -0.3 is 4.42 Å². The number of rotatable bonds is 2. The molecule has 0 bridgehead atoms. The van der Waals surface area contributed by atoms with Crippen LogP contribution in [0.5, 0.6) is 0 Å². The van der Waals surface area contributed by atoms with Gasteiger partial charge in [0.15, 0.2) is 5.82 Å². The molecule has 0 saturated carbocycles. The lowest BCUT2D eigenvalue weighted by Gasteiger charge is -2.09. The summed E-state index contributed by atoms with van der Waals surface area (Å²) in [6.07, 6.45) is 3.45. The summed E-state index contributed by atoms with van der Waals surface area (Å²) in [4.78, 5) is 21.5. The highest BCUT2D eigenvalue weighted by Gasteiger charge is 2.18. The molecule has 0 spiro atoms. The summed E-state index contributed by atoms with van der Waals surface area (Å²) in [6.45, 7) is 3.86. The Labute approximate surface area is 162 Å². The summed E-state index contributed by atoms with van der Waals surface area (Å²) < 4.78 is 8.06. The first-order valence-corrected chi connectivity index (χ1v) is 9.02. The fraction of sp³-hybridized carbons (Fsp3) is 0.105. The molecule has 5 nitrogen and oxygen atoms in total. The predicted octanol–water partition coefficient (Wildman–Crippen LogP) is 5.07. The summed E-state index contributed by atoms with van der Waals surface area (Å²) in [5.41, 5.74) is 2.69. The van der Waals surface area contributed by atoms with Crippen molar-refractivity contribution in [1.82, 2.24) is 14.5 Å². The lowest BCUT2D eigenvalue weighted by atomic mass is 10.1. The van der Waals surface area contributed by atoms with Crippen LogP contribution in [0.4, 0.5) is 0 Å². The minimum atomic E-state index is -0.423. The molecule has 0 radical (unpaired) electrons. The number of hydrogen-bond donors (Lipinski definition) is 0. The second-order valence-corrected chi connectivity index (χ2v) is 7.33. The molecule has 4 rings (SSSR count). The van der Waals surface area contributed by atoms with Crippen molar-refractivity contribution in [1.29, 1.82) is 0 Å². The van der Waals surface area contributed by atoms with Gasteiger partial charge in [-0.25, -0.2) is 14.8 Å². The third kappa shape index (κ3) is 2.85. The number of halogens is 2. The third-order valence-corrected chi connectivity index (χ3v) is 4.77. The standard InChI is InChI=1S/C19H13BrClN3O2/c1-10-6-11(2)16-13(7-10)19(25)26-18(23-16)15-8-12(20)9-24(15)17-14(21)4-3-5-22-17/h3-9H,1-2H3. The van der Waals surface area contributed by atoms with E-state index in [-0.39, 0.29) is 5.89 Å². The van der Waals surface area contributed by atoms with Crippen LogP contribution in [0, 0.1) is 13.8 Å². The van der Waals surface area contributed by atoms with E-state index in [9.17, 15) is 4.79 Å². The van der Waals surface area contributed by atoms with E-state index in [4.69, 9.17) is 16.0 Å². The first-order chi connectivity index (χ1) is 12.4. The van der Waals surface area contributed by atoms with Gasteiger partial charge in [0, 0.05) is 16.9 Å². The summed E-state index contributed by atoms with van der Waals surface area (Å²) in [5.74, 6) is 0.738. The smallest absolute Gasteiger partial charge is 0.347 e. The summed E-state index contributed by atoms with van der Waals surface area (Å²) in [6, 6.07) is 9.09. The zero-order chi connectivity index (χ0) is 18.4. The van der Waals surface area contributed by atoms with Gasteiger partial charge >= 0.3 is 5.63 Å². The molecule has 0 aliphatic rings. The Kier molecular flexibility index (Phi) is 4.17. The van der Waals surface area contributed by atoms with Gasteiger partial charge in [-0.15, -0.1) is 0 Å². The molecule has 0 aliphatic heterocycles. The van der Waals surface area contributed by atoms with Crippen molar-refractivity contribution < 1.29 is 4.42 Å². The molecule has 7 heteroatoms. The zero-order valence-corrected chi connectivity index (χ0v) is 16.3. The van der Waals surface area contributed by atoms with E-state index in [0.717, 1.165) is 15.6 Å². The molecule has 0 atom stereocenters. The monoisotopic (exact) mass is 429 g/mol. The molecule has 26 heavy (non-hydrogen) atoms. The summed E-state index contributed by atoms with van der Waals surface area (Å²) in [5, 5.41) is 0.950. The van der Waals surface area contributed by atoms with E-state index in [1.54, 1.807) is 35.2 Å². The molecular weight excluding hydrogens is 418 g/mol. The molecule has 3 heterocycles. The molecule has 0 fully saturated rings. The maximum absolute atomic E-state index is 12.5. The largest absolute Gasteiger partial charge is 0.401 e. The highest BCUT2D eigenvalue weighted by Crippen LogP contribution is 2.30. The fourth-order valence-corrected chi connectivity index (χ4v) is 3.60. The minimum Gasteiger partial charge on any atom is -0.401 e. The first-order valence-electron chi connectivity index (χ1n) is 7.85. The Morgan fingerprint density at radius 1 is 1.23 bits per heavy atom. The molecule has 0 unspecified atom stereocenters. The Hall–Kier alpha value is -2.44. The van der Waals surface area contributed by atoms with Crippen LogP contribution in [-0.4, -0.2) is 14.5 Å². The Morgan fingerprint density at radius 3 is 2.81 bits per heavy atom. The number of fused-ring (bicyclic) bond motifs is 1. The predicted molar refractivity (Wildman–Crippen MR) is 105 cm³/mol. The van der Waals surface area contributed by atoms with Gasteiger partial charge in [0.1, 0.15) is 5.69 Å². The number of nitrogens with zero attached hydrogens (tertiary/aromatic N) is 3. The van der Waals surface area contributed by atoms with Crippen LogP contribution in [0.1, 0.15) is 11.1 Å². The van der Waals surface area contributed by atoms with Crippen LogP contribution in [0.2, 0.25) is 5.02 Å². The van der Waals surface area contributed by atoms with E-state index in [1.165, 1.54) is 0 Å². The van der Waals surface area contributed by atoms with Crippen LogP contribution < -0.4 is 5.63 Å². The number of benzene rings is 1. The summed E-state index contributed by atoms with van der Waals surface area (Å²) in [7, 11) is 0. The molecule has 0 aliphatic carbocycles. The van der Waals surface area contributed by atoms with E-state index >= 15 is 0 Å². The van der Waals surface area contributed by atoms with Crippen molar-refractivity contribution in [2.24, 2.45) is 0 Å². The average Bonchev–Trinajstić information content (AvgIpc) is 2.97. The first kappa shape index (κ1) is 17.0. The molecular formula is C19H13BrClN3O2. The van der Waals surface area contributed by atoms with Gasteiger partial charge in [-0.3, -0.25) is 4.57 Å². The Bertz CT molecular complexity index is 1210. The molecule has 4 aromatic rings. The van der Waals surface area contributed by atoms with Crippen LogP contribution in [0.25, 0.3) is 28.3 Å². The number of pyridine rings is 1. The van der Waals surface area contributed by atoms with E-state index in [0.29, 0.717) is 27.4 Å². The number of aryl methyl sites for hydroxylation is 2. The van der Waals surface area contributed by atoms with Crippen molar-refractivity contribution in [3.63, 3.8) is 0 Å². The highest BCUT2D eigenvalue weighted by atomic mass is 79.9. The topological polar surface area (TPSA) is 60.9 Å². The van der Waals surface area contributed by atoms with Crippen molar-refractivity contribution in [3.05, 3.63) is 73.8 Å². The zero-order valence-electron chi connectivity index (χ0n) is 14.0. The van der Waals surface area contributed by atoms with Crippen LogP contribution >= 0.6 is 27.5 Å². The minimum absolute atomic E-state index is 0.210. The maximum Gasteiger partial charge on any atom is 0.347 e. The lowest BCUT2D eigenvalue weighted by molar-refractivity contribution is 0.514. The Morgan fingerprint density at radius 2 is 2.04 bits per heavy atom. The van der Waals surface area contributed by atoms with Crippen LogP contribution in [0.15, 0.2) is 56.4 Å². The molecule has 3 aromatic heterocycles. The number of aromatic nitrogens is 3. The quantitative estimate of drug-likeness (QED) is 0.445. The molecule has 0 saturated heterocycles. The van der Waals surface area contributed by atoms with E-state index in [2.05, 4.69) is 25.9 Å². The van der Waals surface area contributed by atoms with Crippen molar-refractivity contribution in [3.8, 4) is 17.4 Å². The fourth-order valence-electron chi connectivity index (χ4n) is 2.97. The van der Waals surface area contributed by atoms with Gasteiger partial charge in [0.2, 0.25) is 5.89 Å². The van der Waals surface area contributed by atoms with Crippen molar-refractivity contribution >= 4 is 38.4 Å². The lowest BCUT2D eigenvalue weighted by Crippen LogP contribution is -2.07. The second-order valence-electron chi connectivity index (χ2n) is 6.01. The average molecular weight is 431 g/mol. The van der Waals surface area contributed by atoms with Crippen molar-refractivity contribution in [2.45, 2.75) is 13.8 Å². The van der Waals surface area contributed by atoms with E-state index in [1.807, 2.05) is 26.0 Å². The number of hydrogen-bond acceptors (Lipinski definition) is 4. The van der Waals surface area contributed by atoms with Crippen molar-refractivity contribution in [2.75, 3.05) is 0 Å². The van der Waals surface area contributed by atoms with E-state index < -0.39 is 5.63 Å². The Balaban J connectivity index is 2.01. The van der Waals surface area contributed by atoms with Gasteiger partial charge in [0.25, 0.3) is 0 Å². The van der Waals surface area contributed by atoms with Gasteiger partial charge in [0.05, 0.1) is 15.9 Å². The van der Waals surface area contributed by atoms with Gasteiger partial charge in [-0.05, 0) is 65.2 Å². The summed E-state index contributed by atoms with van der Waals surface area (Å²) >= 11 is 9.74. The third-order valence-electron chi connectivity index (χ3n) is 4.04. The SMILES string of the molecule is Cc1cc(C)c2nc(-c3cc(Br)cn3-c3ncccc3Cl)oc(=O)c2c1. The van der Waals surface area contributed by atoms with Crippen LogP contribution in [0.3, 0.4) is 0 Å². The maximum atomic E-state index is 12.5. The van der Waals surface area contributed by atoms with Gasteiger partial charge in [-0.1, -0.05) is 17.7 Å². The van der Waals surface area contributed by atoms with Crippen LogP contribution in [-0.2, 0) is 0 Å². The normalized spacial score (nSPS) is 11.2. The highest BCUT2D eigenvalue weighted by molar-refractivity contribution is 9.10. The van der Waals surface area contributed by atoms with Gasteiger partial charge in [-0.2, -0.15) is 0 Å².